The van der Waals surface area contributed by atoms with Crippen molar-refractivity contribution in [2.45, 2.75) is 26.4 Å². The largest absolute Gasteiger partial charge is 0.488 e. The second kappa shape index (κ2) is 8.49. The number of carbonyl (C=O) groups is 1. The van der Waals surface area contributed by atoms with Gasteiger partial charge in [-0.2, -0.15) is 0 Å². The van der Waals surface area contributed by atoms with Crippen molar-refractivity contribution in [3.63, 3.8) is 0 Å². The van der Waals surface area contributed by atoms with Crippen molar-refractivity contribution >= 4 is 11.6 Å². The lowest BCUT2D eigenvalue weighted by Gasteiger charge is -2.15. The van der Waals surface area contributed by atoms with Gasteiger partial charge in [-0.1, -0.05) is 50.2 Å². The SMILES string of the molecule is CC(C)c1ccc(OCc2ccccc2)c(C(=O)Nc2ccc(F)cc2)c1. The first-order chi connectivity index (χ1) is 13.0. The van der Waals surface area contributed by atoms with E-state index in [1.54, 1.807) is 0 Å². The normalized spacial score (nSPS) is 10.7. The molecule has 0 saturated heterocycles. The maximum absolute atomic E-state index is 13.1. The van der Waals surface area contributed by atoms with Gasteiger partial charge >= 0.3 is 0 Å². The summed E-state index contributed by atoms with van der Waals surface area (Å²) in [4.78, 5) is 12.8. The average molecular weight is 363 g/mol. The first-order valence-electron chi connectivity index (χ1n) is 8.90. The molecule has 0 saturated carbocycles. The van der Waals surface area contributed by atoms with Gasteiger partial charge in [-0.25, -0.2) is 4.39 Å². The van der Waals surface area contributed by atoms with Crippen LogP contribution in [0.25, 0.3) is 0 Å². The second-order valence-electron chi connectivity index (χ2n) is 6.65. The summed E-state index contributed by atoms with van der Waals surface area (Å²) in [7, 11) is 0. The molecule has 3 nitrogen and oxygen atoms in total. The van der Waals surface area contributed by atoms with E-state index in [1.165, 1.54) is 24.3 Å². The highest BCUT2D eigenvalue weighted by atomic mass is 19.1. The van der Waals surface area contributed by atoms with Crippen LogP contribution in [0.4, 0.5) is 10.1 Å². The summed E-state index contributed by atoms with van der Waals surface area (Å²) >= 11 is 0. The Labute approximate surface area is 158 Å². The summed E-state index contributed by atoms with van der Waals surface area (Å²) in [6.07, 6.45) is 0. The van der Waals surface area contributed by atoms with E-state index in [0.29, 0.717) is 23.6 Å². The van der Waals surface area contributed by atoms with Crippen LogP contribution in [0.5, 0.6) is 5.75 Å². The highest BCUT2D eigenvalue weighted by Gasteiger charge is 2.15. The topological polar surface area (TPSA) is 38.3 Å². The number of hydrogen-bond acceptors (Lipinski definition) is 2. The Morgan fingerprint density at radius 1 is 1.00 bits per heavy atom. The van der Waals surface area contributed by atoms with E-state index >= 15 is 0 Å². The van der Waals surface area contributed by atoms with Crippen molar-refractivity contribution in [1.82, 2.24) is 0 Å². The molecule has 138 valence electrons. The Bertz CT molecular complexity index is 905. The van der Waals surface area contributed by atoms with Crippen molar-refractivity contribution in [3.05, 3.63) is 95.3 Å². The summed E-state index contributed by atoms with van der Waals surface area (Å²) in [5.41, 5.74) is 3.06. The molecule has 0 bridgehead atoms. The summed E-state index contributed by atoms with van der Waals surface area (Å²) in [6, 6.07) is 21.1. The minimum absolute atomic E-state index is 0.283. The van der Waals surface area contributed by atoms with Gasteiger partial charge in [0.1, 0.15) is 18.2 Å². The molecule has 0 radical (unpaired) electrons. The molecule has 1 N–H and O–H groups in total. The Morgan fingerprint density at radius 3 is 2.37 bits per heavy atom. The fraction of sp³-hybridized carbons (Fsp3) is 0.174. The van der Waals surface area contributed by atoms with E-state index in [0.717, 1.165) is 11.1 Å². The molecular weight excluding hydrogens is 341 g/mol. The maximum Gasteiger partial charge on any atom is 0.259 e. The molecule has 0 aliphatic rings. The molecule has 27 heavy (non-hydrogen) atoms. The van der Waals surface area contributed by atoms with Crippen LogP contribution in [-0.2, 0) is 6.61 Å². The van der Waals surface area contributed by atoms with Crippen molar-refractivity contribution in [2.24, 2.45) is 0 Å². The Balaban J connectivity index is 1.84. The van der Waals surface area contributed by atoms with Crippen molar-refractivity contribution in [3.8, 4) is 5.75 Å². The zero-order chi connectivity index (χ0) is 19.2. The van der Waals surface area contributed by atoms with Crippen LogP contribution in [-0.4, -0.2) is 5.91 Å². The van der Waals surface area contributed by atoms with E-state index in [2.05, 4.69) is 19.2 Å². The Hall–Kier alpha value is -3.14. The van der Waals surface area contributed by atoms with E-state index in [4.69, 9.17) is 4.74 Å². The third-order valence-electron chi connectivity index (χ3n) is 4.25. The number of ether oxygens (including phenoxy) is 1. The molecule has 1 amide bonds. The van der Waals surface area contributed by atoms with Crippen LogP contribution >= 0.6 is 0 Å². The molecular formula is C23H22FNO2. The van der Waals surface area contributed by atoms with Crippen LogP contribution in [0.2, 0.25) is 0 Å². The second-order valence-corrected chi connectivity index (χ2v) is 6.65. The Morgan fingerprint density at radius 2 is 1.70 bits per heavy atom. The molecule has 3 aromatic carbocycles. The standard InChI is InChI=1S/C23H22FNO2/c1-16(2)18-8-13-22(27-15-17-6-4-3-5-7-17)21(14-18)23(26)25-20-11-9-19(24)10-12-20/h3-14,16H,15H2,1-2H3,(H,25,26). The third kappa shape index (κ3) is 4.94. The highest BCUT2D eigenvalue weighted by Crippen LogP contribution is 2.26. The van der Waals surface area contributed by atoms with Crippen LogP contribution in [0.1, 0.15) is 41.3 Å². The molecule has 0 atom stereocenters. The number of hydrogen-bond donors (Lipinski definition) is 1. The molecule has 0 aromatic heterocycles. The van der Waals surface area contributed by atoms with Crippen molar-refractivity contribution in [2.75, 3.05) is 5.32 Å². The molecule has 4 heteroatoms. The van der Waals surface area contributed by atoms with Crippen molar-refractivity contribution in [1.29, 1.82) is 0 Å². The van der Waals surface area contributed by atoms with E-state index < -0.39 is 0 Å². The van der Waals surface area contributed by atoms with Crippen molar-refractivity contribution < 1.29 is 13.9 Å². The van der Waals surface area contributed by atoms with E-state index in [1.807, 2.05) is 48.5 Å². The number of halogens is 1. The lowest BCUT2D eigenvalue weighted by molar-refractivity contribution is 0.102. The average Bonchev–Trinajstić information content (AvgIpc) is 2.68. The fourth-order valence-electron chi connectivity index (χ4n) is 2.68. The quantitative estimate of drug-likeness (QED) is 0.603. The monoisotopic (exact) mass is 363 g/mol. The molecule has 0 fully saturated rings. The summed E-state index contributed by atoms with van der Waals surface area (Å²) in [5, 5.41) is 2.80. The number of nitrogens with one attached hydrogen (secondary N) is 1. The molecule has 0 aliphatic carbocycles. The molecule has 3 rings (SSSR count). The predicted molar refractivity (Wildman–Crippen MR) is 106 cm³/mol. The van der Waals surface area contributed by atoms with Gasteiger partial charge in [-0.3, -0.25) is 4.79 Å². The smallest absolute Gasteiger partial charge is 0.259 e. The van der Waals surface area contributed by atoms with Gasteiger partial charge in [0.15, 0.2) is 0 Å². The Kier molecular flexibility index (Phi) is 5.87. The lowest BCUT2D eigenvalue weighted by Crippen LogP contribution is -2.14. The predicted octanol–water partition coefficient (Wildman–Crippen LogP) is 5.78. The maximum atomic E-state index is 13.1. The molecule has 0 heterocycles. The van der Waals surface area contributed by atoms with Crippen LogP contribution in [0.3, 0.4) is 0 Å². The molecule has 0 unspecified atom stereocenters. The molecule has 0 aliphatic heterocycles. The zero-order valence-corrected chi connectivity index (χ0v) is 15.4. The number of benzene rings is 3. The highest BCUT2D eigenvalue weighted by molar-refractivity contribution is 6.06. The van der Waals surface area contributed by atoms with Crippen LogP contribution in [0, 0.1) is 5.82 Å². The van der Waals surface area contributed by atoms with E-state index in [-0.39, 0.29) is 17.6 Å². The third-order valence-corrected chi connectivity index (χ3v) is 4.25. The zero-order valence-electron chi connectivity index (χ0n) is 15.4. The minimum atomic E-state index is -0.346. The summed E-state index contributed by atoms with van der Waals surface area (Å²) in [5.74, 6) is 0.169. The van der Waals surface area contributed by atoms with Gasteiger partial charge < -0.3 is 10.1 Å². The van der Waals surface area contributed by atoms with E-state index in [9.17, 15) is 9.18 Å². The summed E-state index contributed by atoms with van der Waals surface area (Å²) < 4.78 is 19.0. The first kappa shape index (κ1) is 18.6. The van der Waals surface area contributed by atoms with Gasteiger partial charge in [0.2, 0.25) is 0 Å². The van der Waals surface area contributed by atoms with Gasteiger partial charge in [-0.05, 0) is 53.4 Å². The van der Waals surface area contributed by atoms with Gasteiger partial charge in [0.05, 0.1) is 5.56 Å². The van der Waals surface area contributed by atoms with Gasteiger partial charge in [0, 0.05) is 5.69 Å². The minimum Gasteiger partial charge on any atom is -0.488 e. The number of amides is 1. The summed E-state index contributed by atoms with van der Waals surface area (Å²) in [6.45, 7) is 4.52. The van der Waals surface area contributed by atoms with Crippen LogP contribution in [0.15, 0.2) is 72.8 Å². The van der Waals surface area contributed by atoms with Gasteiger partial charge in [-0.15, -0.1) is 0 Å². The number of carbonyl (C=O) groups excluding carboxylic acids is 1. The molecule has 0 spiro atoms. The number of rotatable bonds is 6. The first-order valence-corrected chi connectivity index (χ1v) is 8.90. The van der Waals surface area contributed by atoms with Gasteiger partial charge in [0.25, 0.3) is 5.91 Å². The molecule has 3 aromatic rings. The fourth-order valence-corrected chi connectivity index (χ4v) is 2.68. The number of anilines is 1. The van der Waals surface area contributed by atoms with Crippen LogP contribution < -0.4 is 10.1 Å². The lowest BCUT2D eigenvalue weighted by atomic mass is 10.00.